The van der Waals surface area contributed by atoms with E-state index in [0.717, 1.165) is 6.07 Å². The third-order valence-corrected chi connectivity index (χ3v) is 2.97. The van der Waals surface area contributed by atoms with E-state index in [1.165, 1.54) is 0 Å². The Morgan fingerprint density at radius 2 is 2.22 bits per heavy atom. The van der Waals surface area contributed by atoms with Crippen LogP contribution >= 0.6 is 0 Å². The van der Waals surface area contributed by atoms with Gasteiger partial charge in [0.05, 0.1) is 6.61 Å². The van der Waals surface area contributed by atoms with Crippen molar-refractivity contribution >= 4 is 5.97 Å². The second-order valence-electron chi connectivity index (χ2n) is 4.20. The van der Waals surface area contributed by atoms with E-state index in [-0.39, 0.29) is 30.8 Å². The fourth-order valence-corrected chi connectivity index (χ4v) is 2.15. The largest absolute Gasteiger partial charge is 0.490 e. The third-order valence-electron chi connectivity index (χ3n) is 2.97. The highest BCUT2D eigenvalue weighted by Gasteiger charge is 2.27. The first-order valence-corrected chi connectivity index (χ1v) is 5.61. The van der Waals surface area contributed by atoms with Crippen LogP contribution in [0.5, 0.6) is 5.75 Å². The standard InChI is InChI=1S/C12H13F2NO3/c13-7-5-8(14)12-6(3-4-18-12)11(7)9(15)1-2-10(16)17/h5,9H,1-4,15H2,(H,16,17). The normalized spacial score (nSPS) is 15.1. The minimum atomic E-state index is -0.999. The van der Waals surface area contributed by atoms with Gasteiger partial charge in [-0.2, -0.15) is 0 Å². The minimum Gasteiger partial charge on any atom is -0.490 e. The molecular formula is C12H13F2NO3. The van der Waals surface area contributed by atoms with E-state index in [1.54, 1.807) is 0 Å². The lowest BCUT2D eigenvalue weighted by molar-refractivity contribution is -0.137. The number of carbonyl (C=O) groups is 1. The molecule has 1 aromatic carbocycles. The lowest BCUT2D eigenvalue weighted by Crippen LogP contribution is -2.16. The number of rotatable bonds is 4. The topological polar surface area (TPSA) is 72.6 Å². The van der Waals surface area contributed by atoms with E-state index in [4.69, 9.17) is 15.6 Å². The average molecular weight is 257 g/mol. The number of hydrogen-bond acceptors (Lipinski definition) is 3. The van der Waals surface area contributed by atoms with Crippen LogP contribution in [0, 0.1) is 11.6 Å². The van der Waals surface area contributed by atoms with Crippen LogP contribution in [-0.4, -0.2) is 17.7 Å². The molecular weight excluding hydrogens is 244 g/mol. The summed E-state index contributed by atoms with van der Waals surface area (Å²) < 4.78 is 32.3. The molecule has 0 saturated heterocycles. The van der Waals surface area contributed by atoms with E-state index >= 15 is 0 Å². The minimum absolute atomic E-state index is 0.0391. The Kier molecular flexibility index (Phi) is 3.47. The fourth-order valence-electron chi connectivity index (χ4n) is 2.15. The number of carboxylic acid groups (broad SMARTS) is 1. The van der Waals surface area contributed by atoms with Crippen molar-refractivity contribution in [1.29, 1.82) is 0 Å². The maximum Gasteiger partial charge on any atom is 0.303 e. The Bertz CT molecular complexity index is 491. The average Bonchev–Trinajstić information content (AvgIpc) is 2.75. The smallest absolute Gasteiger partial charge is 0.303 e. The predicted octanol–water partition coefficient (Wildman–Crippen LogP) is 1.76. The zero-order valence-electron chi connectivity index (χ0n) is 9.58. The van der Waals surface area contributed by atoms with Crippen LogP contribution in [0.25, 0.3) is 0 Å². The molecule has 6 heteroatoms. The van der Waals surface area contributed by atoms with Gasteiger partial charge in [0.1, 0.15) is 5.82 Å². The zero-order valence-corrected chi connectivity index (χ0v) is 9.58. The summed E-state index contributed by atoms with van der Waals surface area (Å²) in [5.74, 6) is -2.44. The highest BCUT2D eigenvalue weighted by molar-refractivity contribution is 5.66. The van der Waals surface area contributed by atoms with Gasteiger partial charge >= 0.3 is 5.97 Å². The summed E-state index contributed by atoms with van der Waals surface area (Å²) >= 11 is 0. The van der Waals surface area contributed by atoms with Crippen molar-refractivity contribution < 1.29 is 23.4 Å². The Hall–Kier alpha value is -1.69. The highest BCUT2D eigenvalue weighted by Crippen LogP contribution is 2.36. The van der Waals surface area contributed by atoms with Crippen LogP contribution in [0.1, 0.15) is 30.0 Å². The van der Waals surface area contributed by atoms with Gasteiger partial charge in [-0.15, -0.1) is 0 Å². The SMILES string of the molecule is NC(CCC(=O)O)c1c(F)cc(F)c2c1CCO2. The van der Waals surface area contributed by atoms with Crippen LogP contribution in [0.3, 0.4) is 0 Å². The lowest BCUT2D eigenvalue weighted by Gasteiger charge is -2.15. The maximum atomic E-state index is 13.8. The molecule has 0 aliphatic carbocycles. The van der Waals surface area contributed by atoms with Gasteiger partial charge in [-0.1, -0.05) is 0 Å². The summed E-state index contributed by atoms with van der Waals surface area (Å²) in [4.78, 5) is 10.5. The molecule has 2 rings (SSSR count). The van der Waals surface area contributed by atoms with Crippen LogP contribution in [0.4, 0.5) is 8.78 Å². The molecule has 0 aromatic heterocycles. The van der Waals surface area contributed by atoms with Crippen molar-refractivity contribution in [3.8, 4) is 5.75 Å². The number of fused-ring (bicyclic) bond motifs is 1. The first-order valence-electron chi connectivity index (χ1n) is 5.61. The van der Waals surface area contributed by atoms with Gasteiger partial charge in [0.15, 0.2) is 11.6 Å². The Morgan fingerprint density at radius 1 is 1.50 bits per heavy atom. The van der Waals surface area contributed by atoms with Gasteiger partial charge in [-0.05, 0) is 6.42 Å². The summed E-state index contributed by atoms with van der Waals surface area (Å²) in [7, 11) is 0. The molecule has 0 radical (unpaired) electrons. The van der Waals surface area contributed by atoms with Gasteiger partial charge in [-0.3, -0.25) is 4.79 Å². The fraction of sp³-hybridized carbons (Fsp3) is 0.417. The number of nitrogens with two attached hydrogens (primary N) is 1. The number of benzene rings is 1. The first kappa shape index (κ1) is 12.8. The molecule has 0 saturated carbocycles. The first-order chi connectivity index (χ1) is 8.50. The molecule has 4 nitrogen and oxygen atoms in total. The molecule has 18 heavy (non-hydrogen) atoms. The second kappa shape index (κ2) is 4.89. The van der Waals surface area contributed by atoms with Crippen molar-refractivity contribution in [3.63, 3.8) is 0 Å². The highest BCUT2D eigenvalue weighted by atomic mass is 19.1. The van der Waals surface area contributed by atoms with E-state index in [0.29, 0.717) is 12.0 Å². The third kappa shape index (κ3) is 2.28. The Labute approximate surface area is 102 Å². The van der Waals surface area contributed by atoms with Crippen LogP contribution < -0.4 is 10.5 Å². The molecule has 0 bridgehead atoms. The summed E-state index contributed by atoms with van der Waals surface area (Å²) in [5, 5.41) is 8.58. The molecule has 1 aliphatic rings. The van der Waals surface area contributed by atoms with E-state index in [9.17, 15) is 13.6 Å². The number of ether oxygens (including phenoxy) is 1. The molecule has 1 aliphatic heterocycles. The van der Waals surface area contributed by atoms with Crippen molar-refractivity contribution in [3.05, 3.63) is 28.8 Å². The summed E-state index contributed by atoms with van der Waals surface area (Å²) in [6, 6.07) is -0.0303. The van der Waals surface area contributed by atoms with Gasteiger partial charge in [0.2, 0.25) is 0 Å². The molecule has 1 unspecified atom stereocenters. The number of hydrogen-bond donors (Lipinski definition) is 2. The maximum absolute atomic E-state index is 13.8. The zero-order chi connectivity index (χ0) is 13.3. The number of halogens is 2. The molecule has 0 fully saturated rings. The van der Waals surface area contributed by atoms with Crippen molar-refractivity contribution in [2.45, 2.75) is 25.3 Å². The molecule has 0 spiro atoms. The Balaban J connectivity index is 2.33. The molecule has 1 atom stereocenters. The number of aliphatic carboxylic acids is 1. The molecule has 3 N–H and O–H groups in total. The molecule has 98 valence electrons. The van der Waals surface area contributed by atoms with Gasteiger partial charge in [-0.25, -0.2) is 8.78 Å². The van der Waals surface area contributed by atoms with Crippen LogP contribution in [-0.2, 0) is 11.2 Å². The van der Waals surface area contributed by atoms with Gasteiger partial charge < -0.3 is 15.6 Å². The summed E-state index contributed by atoms with van der Waals surface area (Å²) in [6.45, 7) is 0.286. The van der Waals surface area contributed by atoms with E-state index < -0.39 is 23.6 Å². The molecule has 1 heterocycles. The van der Waals surface area contributed by atoms with Crippen molar-refractivity contribution in [2.75, 3.05) is 6.61 Å². The second-order valence-corrected chi connectivity index (χ2v) is 4.20. The van der Waals surface area contributed by atoms with Gasteiger partial charge in [0, 0.05) is 36.1 Å². The van der Waals surface area contributed by atoms with Crippen LogP contribution in [0.2, 0.25) is 0 Å². The van der Waals surface area contributed by atoms with Gasteiger partial charge in [0.25, 0.3) is 0 Å². The Morgan fingerprint density at radius 3 is 2.89 bits per heavy atom. The monoisotopic (exact) mass is 257 g/mol. The quantitative estimate of drug-likeness (QED) is 0.862. The van der Waals surface area contributed by atoms with Crippen molar-refractivity contribution in [2.24, 2.45) is 5.73 Å². The van der Waals surface area contributed by atoms with E-state index in [2.05, 4.69) is 0 Å². The van der Waals surface area contributed by atoms with E-state index in [1.807, 2.05) is 0 Å². The lowest BCUT2D eigenvalue weighted by atomic mass is 9.95. The molecule has 0 amide bonds. The van der Waals surface area contributed by atoms with Crippen LogP contribution in [0.15, 0.2) is 6.07 Å². The van der Waals surface area contributed by atoms with Crippen molar-refractivity contribution in [1.82, 2.24) is 0 Å². The summed E-state index contributed by atoms with van der Waals surface area (Å²) in [6.07, 6.45) is 0.331. The number of carboxylic acids is 1. The summed E-state index contributed by atoms with van der Waals surface area (Å²) in [5.41, 5.74) is 6.38. The molecule has 1 aromatic rings. The predicted molar refractivity (Wildman–Crippen MR) is 59.4 cm³/mol.